The summed E-state index contributed by atoms with van der Waals surface area (Å²) in [7, 11) is 0. The lowest BCUT2D eigenvalue weighted by atomic mass is 10.1. The second kappa shape index (κ2) is 11.6. The molecule has 1 fully saturated rings. The van der Waals surface area contributed by atoms with E-state index in [0.717, 1.165) is 38.0 Å². The zero-order valence-corrected chi connectivity index (χ0v) is 19.8. The van der Waals surface area contributed by atoms with Crippen LogP contribution in [0.2, 0.25) is 5.02 Å². The SMILES string of the molecule is O=C(Nc1ccc(Cl)cc1)Nc1ccc(N2CCCCC2)c(C(=O)NCCc2ccccc2)c1. The van der Waals surface area contributed by atoms with Crippen molar-refractivity contribution >= 4 is 40.6 Å². The fraction of sp³-hybridized carbons (Fsp3) is 0.259. The lowest BCUT2D eigenvalue weighted by Crippen LogP contribution is -2.33. The summed E-state index contributed by atoms with van der Waals surface area (Å²) in [5.74, 6) is -0.140. The molecule has 176 valence electrons. The molecule has 3 aromatic rings. The maximum absolute atomic E-state index is 13.2. The molecule has 0 aliphatic carbocycles. The summed E-state index contributed by atoms with van der Waals surface area (Å²) >= 11 is 5.90. The van der Waals surface area contributed by atoms with Crippen LogP contribution in [0.25, 0.3) is 0 Å². The van der Waals surface area contributed by atoms with Crippen LogP contribution in [0.15, 0.2) is 72.8 Å². The summed E-state index contributed by atoms with van der Waals surface area (Å²) in [5.41, 5.74) is 3.83. The van der Waals surface area contributed by atoms with Gasteiger partial charge in [0.25, 0.3) is 5.91 Å². The zero-order chi connectivity index (χ0) is 23.8. The predicted octanol–water partition coefficient (Wildman–Crippen LogP) is 5.95. The first-order valence-electron chi connectivity index (χ1n) is 11.6. The molecule has 7 heteroatoms. The number of piperidine rings is 1. The fourth-order valence-corrected chi connectivity index (χ4v) is 4.22. The zero-order valence-electron chi connectivity index (χ0n) is 19.0. The number of hydrogen-bond donors (Lipinski definition) is 3. The number of nitrogens with one attached hydrogen (secondary N) is 3. The number of nitrogens with zero attached hydrogens (tertiary/aromatic N) is 1. The van der Waals surface area contributed by atoms with E-state index in [4.69, 9.17) is 11.6 Å². The van der Waals surface area contributed by atoms with Crippen LogP contribution >= 0.6 is 11.6 Å². The molecule has 1 aliphatic heterocycles. The minimum absolute atomic E-state index is 0.140. The van der Waals surface area contributed by atoms with Gasteiger partial charge in [0.05, 0.1) is 5.56 Å². The highest BCUT2D eigenvalue weighted by atomic mass is 35.5. The Bertz CT molecular complexity index is 1110. The normalized spacial score (nSPS) is 13.3. The molecular weight excluding hydrogens is 448 g/mol. The number of carbonyl (C=O) groups excluding carboxylic acids is 2. The standard InChI is InChI=1S/C27H29ClN4O2/c28-21-9-11-22(12-10-21)30-27(34)31-23-13-14-25(32-17-5-2-6-18-32)24(19-23)26(33)29-16-15-20-7-3-1-4-8-20/h1,3-4,7-14,19H,2,5-6,15-18H2,(H,29,33)(H2,30,31,34). The van der Waals surface area contributed by atoms with Crippen LogP contribution in [0, 0.1) is 0 Å². The molecule has 1 aliphatic rings. The Balaban J connectivity index is 1.47. The van der Waals surface area contributed by atoms with Crippen LogP contribution in [0.1, 0.15) is 35.2 Å². The monoisotopic (exact) mass is 476 g/mol. The van der Waals surface area contributed by atoms with E-state index in [1.165, 1.54) is 12.0 Å². The molecule has 3 aromatic carbocycles. The molecule has 0 spiro atoms. The number of urea groups is 1. The summed E-state index contributed by atoms with van der Waals surface area (Å²) in [5, 5.41) is 9.25. The number of hydrogen-bond acceptors (Lipinski definition) is 3. The number of rotatable bonds is 7. The van der Waals surface area contributed by atoms with Gasteiger partial charge in [0.2, 0.25) is 0 Å². The second-order valence-corrected chi connectivity index (χ2v) is 8.79. The van der Waals surface area contributed by atoms with Gasteiger partial charge in [-0.1, -0.05) is 41.9 Å². The molecule has 1 heterocycles. The summed E-state index contributed by atoms with van der Waals surface area (Å²) in [6.07, 6.45) is 4.18. The predicted molar refractivity (Wildman–Crippen MR) is 139 cm³/mol. The van der Waals surface area contributed by atoms with E-state index in [-0.39, 0.29) is 11.9 Å². The van der Waals surface area contributed by atoms with Crippen molar-refractivity contribution in [3.63, 3.8) is 0 Å². The van der Waals surface area contributed by atoms with Crippen molar-refractivity contribution in [2.75, 3.05) is 35.2 Å². The summed E-state index contributed by atoms with van der Waals surface area (Å²) in [6.45, 7) is 2.39. The van der Waals surface area contributed by atoms with E-state index in [9.17, 15) is 9.59 Å². The van der Waals surface area contributed by atoms with Crippen molar-refractivity contribution in [1.29, 1.82) is 0 Å². The van der Waals surface area contributed by atoms with Gasteiger partial charge < -0.3 is 20.9 Å². The highest BCUT2D eigenvalue weighted by Crippen LogP contribution is 2.27. The van der Waals surface area contributed by atoms with Crippen LogP contribution in [-0.2, 0) is 6.42 Å². The average Bonchev–Trinajstić information content (AvgIpc) is 2.86. The summed E-state index contributed by atoms with van der Waals surface area (Å²) in [6, 6.07) is 22.1. The van der Waals surface area contributed by atoms with Gasteiger partial charge in [0.1, 0.15) is 0 Å². The van der Waals surface area contributed by atoms with Gasteiger partial charge in [-0.3, -0.25) is 4.79 Å². The number of anilines is 3. The number of benzene rings is 3. The van der Waals surface area contributed by atoms with Gasteiger partial charge in [-0.25, -0.2) is 4.79 Å². The molecule has 1 saturated heterocycles. The van der Waals surface area contributed by atoms with E-state index in [0.29, 0.717) is 28.5 Å². The van der Waals surface area contributed by atoms with Crippen molar-refractivity contribution in [2.24, 2.45) is 0 Å². The Labute approximate surface area is 205 Å². The molecule has 0 aromatic heterocycles. The van der Waals surface area contributed by atoms with Gasteiger partial charge in [0.15, 0.2) is 0 Å². The molecule has 3 N–H and O–H groups in total. The first-order chi connectivity index (χ1) is 16.6. The van der Waals surface area contributed by atoms with Crippen LogP contribution in [0.5, 0.6) is 0 Å². The van der Waals surface area contributed by atoms with Gasteiger partial charge in [0, 0.05) is 41.7 Å². The maximum atomic E-state index is 13.2. The Hall–Kier alpha value is -3.51. The van der Waals surface area contributed by atoms with Crippen molar-refractivity contribution < 1.29 is 9.59 Å². The number of halogens is 1. The Kier molecular flexibility index (Phi) is 8.04. The van der Waals surface area contributed by atoms with Crippen LogP contribution in [0.4, 0.5) is 21.9 Å². The third kappa shape index (κ3) is 6.51. The Morgan fingerprint density at radius 2 is 1.50 bits per heavy atom. The Morgan fingerprint density at radius 3 is 2.24 bits per heavy atom. The first kappa shape index (κ1) is 23.6. The second-order valence-electron chi connectivity index (χ2n) is 8.36. The smallest absolute Gasteiger partial charge is 0.323 e. The molecule has 0 saturated carbocycles. The summed E-state index contributed by atoms with van der Waals surface area (Å²) < 4.78 is 0. The van der Waals surface area contributed by atoms with Crippen LogP contribution in [-0.4, -0.2) is 31.6 Å². The van der Waals surface area contributed by atoms with Gasteiger partial charge in [-0.15, -0.1) is 0 Å². The highest BCUT2D eigenvalue weighted by molar-refractivity contribution is 6.30. The molecule has 0 unspecified atom stereocenters. The minimum Gasteiger partial charge on any atom is -0.371 e. The van der Waals surface area contributed by atoms with E-state index < -0.39 is 0 Å². The third-order valence-electron chi connectivity index (χ3n) is 5.84. The summed E-state index contributed by atoms with van der Waals surface area (Å²) in [4.78, 5) is 27.9. The van der Waals surface area contributed by atoms with Crippen molar-refractivity contribution in [1.82, 2.24) is 5.32 Å². The lowest BCUT2D eigenvalue weighted by Gasteiger charge is -2.30. The van der Waals surface area contributed by atoms with Crippen LogP contribution < -0.4 is 20.9 Å². The largest absolute Gasteiger partial charge is 0.371 e. The molecule has 3 amide bonds. The molecule has 0 bridgehead atoms. The lowest BCUT2D eigenvalue weighted by molar-refractivity contribution is 0.0954. The molecule has 34 heavy (non-hydrogen) atoms. The van der Waals surface area contributed by atoms with E-state index in [1.54, 1.807) is 30.3 Å². The Morgan fingerprint density at radius 1 is 0.824 bits per heavy atom. The topological polar surface area (TPSA) is 73.5 Å². The van der Waals surface area contributed by atoms with E-state index in [1.807, 2.05) is 30.3 Å². The number of amides is 3. The van der Waals surface area contributed by atoms with Gasteiger partial charge >= 0.3 is 6.03 Å². The molecular formula is C27H29ClN4O2. The third-order valence-corrected chi connectivity index (χ3v) is 6.09. The molecule has 6 nitrogen and oxygen atoms in total. The van der Waals surface area contributed by atoms with Gasteiger partial charge in [-0.05, 0) is 73.7 Å². The quantitative estimate of drug-likeness (QED) is 0.394. The van der Waals surface area contributed by atoms with Crippen LogP contribution in [0.3, 0.4) is 0 Å². The van der Waals surface area contributed by atoms with Crippen molar-refractivity contribution in [2.45, 2.75) is 25.7 Å². The van der Waals surface area contributed by atoms with Crippen molar-refractivity contribution in [3.05, 3.63) is 88.9 Å². The fourth-order valence-electron chi connectivity index (χ4n) is 4.09. The average molecular weight is 477 g/mol. The van der Waals surface area contributed by atoms with Crippen molar-refractivity contribution in [3.8, 4) is 0 Å². The molecule has 0 radical (unpaired) electrons. The maximum Gasteiger partial charge on any atom is 0.323 e. The number of carbonyl (C=O) groups is 2. The minimum atomic E-state index is -0.386. The van der Waals surface area contributed by atoms with Gasteiger partial charge in [-0.2, -0.15) is 0 Å². The van der Waals surface area contributed by atoms with E-state index in [2.05, 4.69) is 33.0 Å². The first-order valence-corrected chi connectivity index (χ1v) is 12.0. The molecule has 0 atom stereocenters. The molecule has 4 rings (SSSR count). The highest BCUT2D eigenvalue weighted by Gasteiger charge is 2.19. The van der Waals surface area contributed by atoms with E-state index >= 15 is 0 Å².